The third-order valence-corrected chi connectivity index (χ3v) is 3.22. The van der Waals surface area contributed by atoms with Gasteiger partial charge in [-0.3, -0.25) is 0 Å². The van der Waals surface area contributed by atoms with Gasteiger partial charge in [-0.05, 0) is 19.3 Å². The SMILES string of the molecule is COCCNCc1ncoc1CCC1CCCO1. The van der Waals surface area contributed by atoms with E-state index in [9.17, 15) is 0 Å². The standard InChI is InChI=1S/C13H22N2O3/c1-16-8-6-14-9-12-13(18-10-15-12)5-4-11-3-2-7-17-11/h10-11,14H,2-9H2,1H3. The van der Waals surface area contributed by atoms with E-state index in [0.29, 0.717) is 12.7 Å². The quantitative estimate of drug-likeness (QED) is 0.713. The summed E-state index contributed by atoms with van der Waals surface area (Å²) in [7, 11) is 1.70. The zero-order valence-corrected chi connectivity index (χ0v) is 11.0. The molecule has 5 heteroatoms. The van der Waals surface area contributed by atoms with Crippen molar-refractivity contribution in [3.8, 4) is 0 Å². The molecule has 0 saturated carbocycles. The largest absolute Gasteiger partial charge is 0.448 e. The number of aromatic nitrogens is 1. The lowest BCUT2D eigenvalue weighted by Gasteiger charge is -2.08. The van der Waals surface area contributed by atoms with E-state index >= 15 is 0 Å². The molecule has 2 heterocycles. The van der Waals surface area contributed by atoms with Crippen molar-refractivity contribution < 1.29 is 13.9 Å². The minimum absolute atomic E-state index is 0.407. The van der Waals surface area contributed by atoms with Gasteiger partial charge in [-0.25, -0.2) is 4.98 Å². The monoisotopic (exact) mass is 254 g/mol. The molecule has 0 amide bonds. The number of hydrogen-bond acceptors (Lipinski definition) is 5. The fourth-order valence-corrected chi connectivity index (χ4v) is 2.19. The summed E-state index contributed by atoms with van der Waals surface area (Å²) in [6, 6.07) is 0. The number of hydrogen-bond donors (Lipinski definition) is 1. The molecule has 2 rings (SSSR count). The number of nitrogens with one attached hydrogen (secondary N) is 1. The Morgan fingerprint density at radius 2 is 2.50 bits per heavy atom. The Bertz CT molecular complexity index is 335. The van der Waals surface area contributed by atoms with E-state index in [1.165, 1.54) is 19.2 Å². The van der Waals surface area contributed by atoms with Crippen LogP contribution in [0.1, 0.15) is 30.7 Å². The van der Waals surface area contributed by atoms with Gasteiger partial charge in [-0.2, -0.15) is 0 Å². The summed E-state index contributed by atoms with van der Waals surface area (Å²) in [6.07, 6.45) is 6.23. The Morgan fingerprint density at radius 3 is 3.28 bits per heavy atom. The van der Waals surface area contributed by atoms with Gasteiger partial charge >= 0.3 is 0 Å². The highest BCUT2D eigenvalue weighted by Crippen LogP contribution is 2.19. The van der Waals surface area contributed by atoms with Gasteiger partial charge in [0.05, 0.1) is 18.4 Å². The van der Waals surface area contributed by atoms with Gasteiger partial charge in [0.2, 0.25) is 0 Å². The van der Waals surface area contributed by atoms with Crippen molar-refractivity contribution in [2.75, 3.05) is 26.9 Å². The van der Waals surface area contributed by atoms with Crippen molar-refractivity contribution in [3.63, 3.8) is 0 Å². The van der Waals surface area contributed by atoms with Crippen LogP contribution >= 0.6 is 0 Å². The first-order valence-corrected chi connectivity index (χ1v) is 6.62. The minimum Gasteiger partial charge on any atom is -0.448 e. The highest BCUT2D eigenvalue weighted by Gasteiger charge is 2.17. The molecule has 18 heavy (non-hydrogen) atoms. The minimum atomic E-state index is 0.407. The van der Waals surface area contributed by atoms with Crippen molar-refractivity contribution in [1.82, 2.24) is 10.3 Å². The highest BCUT2D eigenvalue weighted by molar-refractivity contribution is 5.07. The summed E-state index contributed by atoms with van der Waals surface area (Å²) in [5, 5.41) is 3.28. The number of aryl methyl sites for hydroxylation is 1. The Morgan fingerprint density at radius 1 is 1.56 bits per heavy atom. The number of nitrogens with zero attached hydrogens (tertiary/aromatic N) is 1. The fraction of sp³-hybridized carbons (Fsp3) is 0.769. The Hall–Kier alpha value is -0.910. The van der Waals surface area contributed by atoms with Crippen molar-refractivity contribution >= 4 is 0 Å². The molecule has 1 saturated heterocycles. The first kappa shape index (κ1) is 13.5. The van der Waals surface area contributed by atoms with Crippen LogP contribution in [0.5, 0.6) is 0 Å². The van der Waals surface area contributed by atoms with E-state index in [-0.39, 0.29) is 0 Å². The van der Waals surface area contributed by atoms with Gasteiger partial charge in [0, 0.05) is 33.2 Å². The van der Waals surface area contributed by atoms with Gasteiger partial charge < -0.3 is 19.2 Å². The van der Waals surface area contributed by atoms with Crippen LogP contribution in [0, 0.1) is 0 Å². The average molecular weight is 254 g/mol. The Balaban J connectivity index is 1.72. The molecule has 0 spiro atoms. The molecule has 102 valence electrons. The number of ether oxygens (including phenoxy) is 2. The first-order chi connectivity index (χ1) is 8.90. The maximum Gasteiger partial charge on any atom is 0.181 e. The molecule has 1 atom stereocenters. The van der Waals surface area contributed by atoms with Gasteiger partial charge in [-0.1, -0.05) is 0 Å². The van der Waals surface area contributed by atoms with Gasteiger partial charge in [0.15, 0.2) is 6.39 Å². The van der Waals surface area contributed by atoms with Crippen molar-refractivity contribution in [1.29, 1.82) is 0 Å². The second-order valence-corrected chi connectivity index (χ2v) is 4.57. The molecule has 1 unspecified atom stereocenters. The second-order valence-electron chi connectivity index (χ2n) is 4.57. The highest BCUT2D eigenvalue weighted by atomic mass is 16.5. The van der Waals surface area contributed by atoms with Gasteiger partial charge in [-0.15, -0.1) is 0 Å². The lowest BCUT2D eigenvalue weighted by molar-refractivity contribution is 0.103. The summed E-state index contributed by atoms with van der Waals surface area (Å²) < 4.78 is 16.0. The number of rotatable bonds is 8. The van der Waals surface area contributed by atoms with Crippen LogP contribution in [0.25, 0.3) is 0 Å². The summed E-state index contributed by atoms with van der Waals surface area (Å²) in [5.74, 6) is 0.982. The van der Waals surface area contributed by atoms with Crippen LogP contribution in [0.2, 0.25) is 0 Å². The molecule has 1 aliphatic rings. The lowest BCUT2D eigenvalue weighted by atomic mass is 10.1. The maximum atomic E-state index is 5.61. The zero-order chi connectivity index (χ0) is 12.6. The van der Waals surface area contributed by atoms with Crippen LogP contribution in [0.4, 0.5) is 0 Å². The second kappa shape index (κ2) is 7.51. The molecule has 0 radical (unpaired) electrons. The Kier molecular flexibility index (Phi) is 5.64. The zero-order valence-electron chi connectivity index (χ0n) is 11.0. The first-order valence-electron chi connectivity index (χ1n) is 6.62. The van der Waals surface area contributed by atoms with Crippen LogP contribution in [0.15, 0.2) is 10.8 Å². The van der Waals surface area contributed by atoms with Crippen molar-refractivity contribution in [2.24, 2.45) is 0 Å². The van der Waals surface area contributed by atoms with E-state index in [1.54, 1.807) is 7.11 Å². The topological polar surface area (TPSA) is 56.5 Å². The lowest BCUT2D eigenvalue weighted by Crippen LogP contribution is -2.19. The van der Waals surface area contributed by atoms with Crippen molar-refractivity contribution in [2.45, 2.75) is 38.3 Å². The molecule has 1 fully saturated rings. The molecule has 5 nitrogen and oxygen atoms in total. The maximum absolute atomic E-state index is 5.61. The third kappa shape index (κ3) is 4.08. The molecule has 1 N–H and O–H groups in total. The van der Waals surface area contributed by atoms with Gasteiger partial charge in [0.25, 0.3) is 0 Å². The number of oxazole rings is 1. The fourth-order valence-electron chi connectivity index (χ4n) is 2.19. The van der Waals surface area contributed by atoms with E-state index in [1.807, 2.05) is 0 Å². The summed E-state index contributed by atoms with van der Waals surface area (Å²) in [5.41, 5.74) is 1.00. The molecule has 0 aliphatic carbocycles. The van der Waals surface area contributed by atoms with Crippen LogP contribution < -0.4 is 5.32 Å². The van der Waals surface area contributed by atoms with Crippen LogP contribution in [-0.4, -0.2) is 38.0 Å². The normalized spacial score (nSPS) is 19.5. The average Bonchev–Trinajstić information content (AvgIpc) is 3.03. The van der Waals surface area contributed by atoms with E-state index in [4.69, 9.17) is 13.9 Å². The molecule has 1 aliphatic heterocycles. The molecule has 0 bridgehead atoms. The molecular weight excluding hydrogens is 232 g/mol. The molecular formula is C13H22N2O3. The van der Waals surface area contributed by atoms with E-state index in [2.05, 4.69) is 10.3 Å². The van der Waals surface area contributed by atoms with E-state index < -0.39 is 0 Å². The molecule has 1 aromatic heterocycles. The van der Waals surface area contributed by atoms with E-state index in [0.717, 1.165) is 44.0 Å². The van der Waals surface area contributed by atoms with Gasteiger partial charge in [0.1, 0.15) is 5.76 Å². The molecule has 1 aromatic rings. The predicted octanol–water partition coefficient (Wildman–Crippen LogP) is 1.52. The Labute approximate surface area is 108 Å². The smallest absolute Gasteiger partial charge is 0.181 e. The predicted molar refractivity (Wildman–Crippen MR) is 67.4 cm³/mol. The van der Waals surface area contributed by atoms with Crippen LogP contribution in [-0.2, 0) is 22.4 Å². The summed E-state index contributed by atoms with van der Waals surface area (Å²) in [6.45, 7) is 3.19. The third-order valence-electron chi connectivity index (χ3n) is 3.22. The van der Waals surface area contributed by atoms with Crippen LogP contribution in [0.3, 0.4) is 0 Å². The summed E-state index contributed by atoms with van der Waals surface area (Å²) >= 11 is 0. The summed E-state index contributed by atoms with van der Waals surface area (Å²) in [4.78, 5) is 4.25. The molecule has 0 aromatic carbocycles. The number of methoxy groups -OCH3 is 1. The van der Waals surface area contributed by atoms with Crippen molar-refractivity contribution in [3.05, 3.63) is 17.8 Å².